The van der Waals surface area contributed by atoms with Gasteiger partial charge in [0.15, 0.2) is 0 Å². The Kier molecular flexibility index (Phi) is 5.00. The van der Waals surface area contributed by atoms with Gasteiger partial charge in [-0.3, -0.25) is 4.90 Å². The first kappa shape index (κ1) is 15.3. The van der Waals surface area contributed by atoms with E-state index in [4.69, 9.17) is 10.7 Å². The predicted molar refractivity (Wildman–Crippen MR) is 85.1 cm³/mol. The maximum atomic E-state index is 5.82. The van der Waals surface area contributed by atoms with Crippen molar-refractivity contribution in [3.63, 3.8) is 0 Å². The van der Waals surface area contributed by atoms with Crippen LogP contribution < -0.4 is 10.6 Å². The van der Waals surface area contributed by atoms with E-state index in [1.807, 2.05) is 0 Å². The van der Waals surface area contributed by atoms with E-state index < -0.39 is 0 Å². The van der Waals surface area contributed by atoms with E-state index in [2.05, 4.69) is 49.6 Å². The molecule has 1 aromatic rings. The van der Waals surface area contributed by atoms with E-state index in [0.29, 0.717) is 18.5 Å². The van der Waals surface area contributed by atoms with Crippen molar-refractivity contribution in [3.05, 3.63) is 23.4 Å². The Hall–Kier alpha value is -1.13. The van der Waals surface area contributed by atoms with Crippen LogP contribution in [0.4, 0.5) is 5.82 Å². The van der Waals surface area contributed by atoms with Crippen molar-refractivity contribution in [2.75, 3.05) is 31.1 Å². The van der Waals surface area contributed by atoms with Crippen LogP contribution in [0.1, 0.15) is 44.9 Å². The summed E-state index contributed by atoms with van der Waals surface area (Å²) in [4.78, 5) is 9.74. The highest BCUT2D eigenvalue weighted by molar-refractivity contribution is 5.44. The van der Waals surface area contributed by atoms with Gasteiger partial charge in [0.05, 0.1) is 0 Å². The van der Waals surface area contributed by atoms with E-state index in [1.54, 1.807) is 0 Å². The van der Waals surface area contributed by atoms with Crippen LogP contribution >= 0.6 is 0 Å². The van der Waals surface area contributed by atoms with Gasteiger partial charge in [-0.1, -0.05) is 13.8 Å². The highest BCUT2D eigenvalue weighted by atomic mass is 15.3. The van der Waals surface area contributed by atoms with Gasteiger partial charge in [0.2, 0.25) is 0 Å². The van der Waals surface area contributed by atoms with Gasteiger partial charge in [-0.2, -0.15) is 0 Å². The molecule has 0 bridgehead atoms. The van der Waals surface area contributed by atoms with E-state index in [1.165, 1.54) is 5.56 Å². The lowest BCUT2D eigenvalue weighted by atomic mass is 10.1. The zero-order valence-electron chi connectivity index (χ0n) is 13.3. The Morgan fingerprint density at radius 1 is 1.10 bits per heavy atom. The lowest BCUT2D eigenvalue weighted by Crippen LogP contribution is -2.49. The summed E-state index contributed by atoms with van der Waals surface area (Å²) in [5, 5.41) is 0. The Balaban J connectivity index is 2.15. The monoisotopic (exact) mass is 276 g/mol. The van der Waals surface area contributed by atoms with Crippen LogP contribution in [0.3, 0.4) is 0 Å². The summed E-state index contributed by atoms with van der Waals surface area (Å²) < 4.78 is 0. The fourth-order valence-electron chi connectivity index (χ4n) is 2.64. The molecule has 2 rings (SSSR count). The summed E-state index contributed by atoms with van der Waals surface area (Å²) in [5.74, 6) is 1.54. The van der Waals surface area contributed by atoms with Crippen molar-refractivity contribution in [2.24, 2.45) is 5.73 Å². The fourth-order valence-corrected chi connectivity index (χ4v) is 2.64. The Morgan fingerprint density at radius 3 is 2.25 bits per heavy atom. The molecule has 1 aromatic heterocycles. The molecule has 1 fully saturated rings. The third-order valence-electron chi connectivity index (χ3n) is 4.09. The van der Waals surface area contributed by atoms with Crippen molar-refractivity contribution < 1.29 is 0 Å². The molecule has 112 valence electrons. The molecule has 0 saturated carbocycles. The molecule has 1 saturated heterocycles. The molecule has 0 amide bonds. The van der Waals surface area contributed by atoms with Crippen molar-refractivity contribution in [3.8, 4) is 0 Å². The van der Waals surface area contributed by atoms with E-state index >= 15 is 0 Å². The van der Waals surface area contributed by atoms with Crippen LogP contribution in [0.2, 0.25) is 0 Å². The molecule has 4 nitrogen and oxygen atoms in total. The number of rotatable bonds is 4. The summed E-state index contributed by atoms with van der Waals surface area (Å²) in [6, 6.07) is 4.92. The molecule has 0 aromatic carbocycles. The zero-order valence-corrected chi connectivity index (χ0v) is 13.3. The Morgan fingerprint density at radius 2 is 1.75 bits per heavy atom. The molecule has 2 N–H and O–H groups in total. The molecular weight excluding hydrogens is 248 g/mol. The quantitative estimate of drug-likeness (QED) is 0.915. The summed E-state index contributed by atoms with van der Waals surface area (Å²) >= 11 is 0. The first-order valence-corrected chi connectivity index (χ1v) is 7.71. The standard InChI is InChI=1S/C16H28N4/c1-12(2)15-9-14(11-17)10-16(18-15)20-7-5-19(6-8-20)13(3)4/h9-10,12-13H,5-8,11,17H2,1-4H3. The molecule has 1 aliphatic heterocycles. The Bertz CT molecular complexity index is 434. The first-order chi connectivity index (χ1) is 9.51. The van der Waals surface area contributed by atoms with Crippen LogP contribution in [0.25, 0.3) is 0 Å². The van der Waals surface area contributed by atoms with Crippen LogP contribution in [0.5, 0.6) is 0 Å². The highest BCUT2D eigenvalue weighted by Gasteiger charge is 2.20. The molecule has 2 heterocycles. The van der Waals surface area contributed by atoms with Gasteiger partial charge in [0.1, 0.15) is 5.82 Å². The second-order valence-corrected chi connectivity index (χ2v) is 6.23. The smallest absolute Gasteiger partial charge is 0.129 e. The fraction of sp³-hybridized carbons (Fsp3) is 0.688. The minimum Gasteiger partial charge on any atom is -0.354 e. The number of piperazine rings is 1. The van der Waals surface area contributed by atoms with E-state index in [-0.39, 0.29) is 0 Å². The molecule has 0 atom stereocenters. The van der Waals surface area contributed by atoms with E-state index in [9.17, 15) is 0 Å². The third-order valence-corrected chi connectivity index (χ3v) is 4.09. The van der Waals surface area contributed by atoms with Crippen molar-refractivity contribution in [1.82, 2.24) is 9.88 Å². The normalized spacial score (nSPS) is 17.2. The van der Waals surface area contributed by atoms with Gasteiger partial charge >= 0.3 is 0 Å². The topological polar surface area (TPSA) is 45.4 Å². The lowest BCUT2D eigenvalue weighted by Gasteiger charge is -2.37. The molecule has 0 spiro atoms. The number of anilines is 1. The molecule has 0 aliphatic carbocycles. The molecule has 20 heavy (non-hydrogen) atoms. The van der Waals surface area contributed by atoms with Crippen molar-refractivity contribution in [2.45, 2.75) is 46.2 Å². The molecule has 1 aliphatic rings. The van der Waals surface area contributed by atoms with Gasteiger partial charge in [-0.15, -0.1) is 0 Å². The van der Waals surface area contributed by atoms with Gasteiger partial charge in [0, 0.05) is 44.5 Å². The largest absolute Gasteiger partial charge is 0.354 e. The van der Waals surface area contributed by atoms with Crippen LogP contribution in [0, 0.1) is 0 Å². The van der Waals surface area contributed by atoms with Gasteiger partial charge < -0.3 is 10.6 Å². The predicted octanol–water partition coefficient (Wildman–Crippen LogP) is 2.19. The minimum absolute atomic E-state index is 0.442. The summed E-state index contributed by atoms with van der Waals surface area (Å²) in [7, 11) is 0. The van der Waals surface area contributed by atoms with Crippen molar-refractivity contribution in [1.29, 1.82) is 0 Å². The minimum atomic E-state index is 0.442. The highest BCUT2D eigenvalue weighted by Crippen LogP contribution is 2.21. The molecule has 0 radical (unpaired) electrons. The Labute approximate surface area is 123 Å². The van der Waals surface area contributed by atoms with Crippen LogP contribution in [-0.4, -0.2) is 42.1 Å². The number of aromatic nitrogens is 1. The number of nitrogens with two attached hydrogens (primary N) is 1. The second-order valence-electron chi connectivity index (χ2n) is 6.23. The van der Waals surface area contributed by atoms with Crippen LogP contribution in [-0.2, 0) is 6.54 Å². The first-order valence-electron chi connectivity index (χ1n) is 7.71. The lowest BCUT2D eigenvalue weighted by molar-refractivity contribution is 0.209. The number of hydrogen-bond acceptors (Lipinski definition) is 4. The SMILES string of the molecule is CC(C)c1cc(CN)cc(N2CCN(C(C)C)CC2)n1. The van der Waals surface area contributed by atoms with Gasteiger partial charge in [0.25, 0.3) is 0 Å². The average Bonchev–Trinajstić information content (AvgIpc) is 2.46. The molecule has 0 unspecified atom stereocenters. The van der Waals surface area contributed by atoms with Crippen LogP contribution in [0.15, 0.2) is 12.1 Å². The number of pyridine rings is 1. The van der Waals surface area contributed by atoms with Crippen molar-refractivity contribution >= 4 is 5.82 Å². The zero-order chi connectivity index (χ0) is 14.7. The average molecular weight is 276 g/mol. The summed E-state index contributed by atoms with van der Waals surface area (Å²) in [5.41, 5.74) is 8.16. The number of nitrogens with zero attached hydrogens (tertiary/aromatic N) is 3. The maximum absolute atomic E-state index is 5.82. The summed E-state index contributed by atoms with van der Waals surface area (Å²) in [6.07, 6.45) is 0. The second kappa shape index (κ2) is 6.55. The number of hydrogen-bond donors (Lipinski definition) is 1. The summed E-state index contributed by atoms with van der Waals surface area (Å²) in [6.45, 7) is 13.8. The molecular formula is C16H28N4. The van der Waals surface area contributed by atoms with E-state index in [0.717, 1.165) is 37.7 Å². The third kappa shape index (κ3) is 3.49. The molecule has 4 heteroatoms. The maximum Gasteiger partial charge on any atom is 0.129 e. The van der Waals surface area contributed by atoms with Gasteiger partial charge in [-0.05, 0) is 37.5 Å². The van der Waals surface area contributed by atoms with Gasteiger partial charge in [-0.25, -0.2) is 4.98 Å².